The fourth-order valence-electron chi connectivity index (χ4n) is 4.94. The van der Waals surface area contributed by atoms with Crippen LogP contribution in [0.3, 0.4) is 0 Å². The first kappa shape index (κ1) is 24.2. The van der Waals surface area contributed by atoms with E-state index in [0.717, 1.165) is 42.1 Å². The average Bonchev–Trinajstić information content (AvgIpc) is 3.63. The second-order valence-electron chi connectivity index (χ2n) is 9.69. The zero-order valence-electron chi connectivity index (χ0n) is 21.3. The summed E-state index contributed by atoms with van der Waals surface area (Å²) in [5.74, 6) is 1.36. The quantitative estimate of drug-likeness (QED) is 0.388. The van der Waals surface area contributed by atoms with Crippen molar-refractivity contribution < 1.29 is 9.53 Å². The van der Waals surface area contributed by atoms with Crippen molar-refractivity contribution in [2.45, 2.75) is 25.5 Å². The maximum atomic E-state index is 12.8. The molecular formula is C28H32N8O2. The third kappa shape index (κ3) is 5.40. The molecule has 0 radical (unpaired) electrons. The zero-order valence-corrected chi connectivity index (χ0v) is 21.3. The van der Waals surface area contributed by atoms with Crippen molar-refractivity contribution >= 4 is 34.6 Å². The van der Waals surface area contributed by atoms with E-state index in [1.807, 2.05) is 59.8 Å². The van der Waals surface area contributed by atoms with Crippen molar-refractivity contribution in [3.05, 3.63) is 72.6 Å². The van der Waals surface area contributed by atoms with Crippen LogP contribution < -0.4 is 15.5 Å². The van der Waals surface area contributed by atoms with Gasteiger partial charge in [-0.25, -0.2) is 9.78 Å². The number of benzene rings is 2. The predicted octanol–water partition coefficient (Wildman–Crippen LogP) is 3.82. The van der Waals surface area contributed by atoms with Gasteiger partial charge in [0.1, 0.15) is 0 Å². The van der Waals surface area contributed by atoms with Crippen LogP contribution in [0.15, 0.2) is 67.0 Å². The van der Waals surface area contributed by atoms with Gasteiger partial charge in [-0.2, -0.15) is 9.97 Å². The van der Waals surface area contributed by atoms with Gasteiger partial charge in [0.2, 0.25) is 5.95 Å². The summed E-state index contributed by atoms with van der Waals surface area (Å²) in [5, 5.41) is 6.46. The molecular weight excluding hydrogens is 480 g/mol. The number of fused-ring (bicyclic) bond motifs is 1. The summed E-state index contributed by atoms with van der Waals surface area (Å²) in [6.07, 6.45) is 4.15. The molecule has 2 fully saturated rings. The normalized spacial score (nSPS) is 17.6. The molecule has 0 saturated carbocycles. The van der Waals surface area contributed by atoms with Gasteiger partial charge in [0, 0.05) is 45.0 Å². The number of rotatable bonds is 7. The van der Waals surface area contributed by atoms with Crippen LogP contribution in [0.25, 0.3) is 11.2 Å². The van der Waals surface area contributed by atoms with Crippen LogP contribution >= 0.6 is 0 Å². The molecule has 4 aromatic rings. The number of aromatic nitrogens is 4. The monoisotopic (exact) mass is 512 g/mol. The lowest BCUT2D eigenvalue weighted by atomic mass is 10.2. The fourth-order valence-corrected chi connectivity index (χ4v) is 4.94. The molecule has 10 heteroatoms. The van der Waals surface area contributed by atoms with Crippen molar-refractivity contribution in [1.29, 1.82) is 0 Å². The summed E-state index contributed by atoms with van der Waals surface area (Å²) in [4.78, 5) is 31.3. The highest BCUT2D eigenvalue weighted by molar-refractivity contribution is 5.89. The summed E-state index contributed by atoms with van der Waals surface area (Å²) >= 11 is 0. The minimum Gasteiger partial charge on any atom is -0.376 e. The Labute approximate surface area is 221 Å². The Balaban J connectivity index is 1.21. The van der Waals surface area contributed by atoms with Gasteiger partial charge >= 0.3 is 6.03 Å². The SMILES string of the molecule is O=C(Nc1ccccc1)N1CCN(c2nc(NCC3CCCO3)c3ncn(Cc4ccccc4)c3n2)CC1. The number of anilines is 3. The van der Waals surface area contributed by atoms with Crippen LogP contribution in [0.1, 0.15) is 18.4 Å². The number of urea groups is 1. The summed E-state index contributed by atoms with van der Waals surface area (Å²) in [7, 11) is 0. The van der Waals surface area contributed by atoms with E-state index < -0.39 is 0 Å². The number of carbonyl (C=O) groups is 1. The molecule has 0 bridgehead atoms. The Morgan fingerprint density at radius 1 is 0.974 bits per heavy atom. The molecule has 2 amide bonds. The Bertz CT molecular complexity index is 1360. The first-order valence-corrected chi connectivity index (χ1v) is 13.2. The smallest absolute Gasteiger partial charge is 0.321 e. The van der Waals surface area contributed by atoms with Crippen molar-refractivity contribution in [3.8, 4) is 0 Å². The van der Waals surface area contributed by atoms with Gasteiger partial charge in [-0.15, -0.1) is 0 Å². The molecule has 2 aliphatic rings. The molecule has 2 aliphatic heterocycles. The van der Waals surface area contributed by atoms with Crippen LogP contribution in [0.2, 0.25) is 0 Å². The molecule has 0 aliphatic carbocycles. The highest BCUT2D eigenvalue weighted by Crippen LogP contribution is 2.25. The number of carbonyl (C=O) groups excluding carboxylic acids is 1. The van der Waals surface area contributed by atoms with Gasteiger partial charge in [-0.3, -0.25) is 0 Å². The molecule has 6 rings (SSSR count). The maximum Gasteiger partial charge on any atom is 0.321 e. The Morgan fingerprint density at radius 2 is 1.74 bits per heavy atom. The Hall–Kier alpha value is -4.18. The molecule has 0 spiro atoms. The van der Waals surface area contributed by atoms with Gasteiger partial charge in [-0.1, -0.05) is 48.5 Å². The number of hydrogen-bond acceptors (Lipinski definition) is 7. The molecule has 4 heterocycles. The largest absolute Gasteiger partial charge is 0.376 e. The minimum atomic E-state index is -0.0907. The lowest BCUT2D eigenvalue weighted by Gasteiger charge is -2.34. The molecule has 1 unspecified atom stereocenters. The topological polar surface area (TPSA) is 100 Å². The zero-order chi connectivity index (χ0) is 25.7. The Morgan fingerprint density at radius 3 is 2.47 bits per heavy atom. The molecule has 2 aromatic carbocycles. The van der Waals surface area contributed by atoms with Gasteiger partial charge in [0.05, 0.1) is 19.0 Å². The fraction of sp³-hybridized carbons (Fsp3) is 0.357. The maximum absolute atomic E-state index is 12.8. The van der Waals surface area contributed by atoms with E-state index in [9.17, 15) is 4.79 Å². The number of para-hydroxylation sites is 1. The average molecular weight is 513 g/mol. The second-order valence-corrected chi connectivity index (χ2v) is 9.69. The number of amides is 2. The van der Waals surface area contributed by atoms with Crippen LogP contribution in [0, 0.1) is 0 Å². The van der Waals surface area contributed by atoms with Gasteiger partial charge in [-0.05, 0) is 30.5 Å². The van der Waals surface area contributed by atoms with E-state index in [-0.39, 0.29) is 12.1 Å². The van der Waals surface area contributed by atoms with E-state index >= 15 is 0 Å². The molecule has 10 nitrogen and oxygen atoms in total. The number of nitrogens with one attached hydrogen (secondary N) is 2. The van der Waals surface area contributed by atoms with E-state index in [4.69, 9.17) is 14.7 Å². The number of hydrogen-bond donors (Lipinski definition) is 2. The third-order valence-corrected chi connectivity index (χ3v) is 7.04. The van der Waals surface area contributed by atoms with Gasteiger partial charge in [0.25, 0.3) is 0 Å². The molecule has 1 atom stereocenters. The summed E-state index contributed by atoms with van der Waals surface area (Å²) in [6, 6.07) is 19.7. The highest BCUT2D eigenvalue weighted by atomic mass is 16.5. The van der Waals surface area contributed by atoms with E-state index in [1.165, 1.54) is 5.56 Å². The van der Waals surface area contributed by atoms with Crippen molar-refractivity contribution in [1.82, 2.24) is 24.4 Å². The number of nitrogens with zero attached hydrogens (tertiary/aromatic N) is 6. The third-order valence-electron chi connectivity index (χ3n) is 7.04. The number of ether oxygens (including phenoxy) is 1. The molecule has 38 heavy (non-hydrogen) atoms. The molecule has 2 N–H and O–H groups in total. The number of piperazine rings is 1. The van der Waals surface area contributed by atoms with Crippen molar-refractivity contribution in [2.75, 3.05) is 54.9 Å². The van der Waals surface area contributed by atoms with Crippen LogP contribution in [-0.4, -0.2) is 75.9 Å². The lowest BCUT2D eigenvalue weighted by molar-refractivity contribution is 0.120. The molecule has 2 aromatic heterocycles. The standard InChI is InChI=1S/C28H32N8O2/c37-28(31-22-10-5-2-6-11-22)35-15-13-34(14-16-35)27-32-25(29-18-23-12-7-17-38-23)24-26(33-27)36(20-30-24)19-21-8-3-1-4-9-21/h1-6,8-11,20,23H,7,12-19H2,(H,31,37)(H,29,32,33). The lowest BCUT2D eigenvalue weighted by Crippen LogP contribution is -2.50. The van der Waals surface area contributed by atoms with Crippen LogP contribution in [-0.2, 0) is 11.3 Å². The highest BCUT2D eigenvalue weighted by Gasteiger charge is 2.25. The van der Waals surface area contributed by atoms with Crippen LogP contribution in [0.5, 0.6) is 0 Å². The van der Waals surface area contributed by atoms with E-state index in [1.54, 1.807) is 0 Å². The van der Waals surface area contributed by atoms with Crippen LogP contribution in [0.4, 0.5) is 22.2 Å². The molecule has 196 valence electrons. The van der Waals surface area contributed by atoms with Gasteiger partial charge in [0.15, 0.2) is 17.0 Å². The van der Waals surface area contributed by atoms with E-state index in [0.29, 0.717) is 45.2 Å². The first-order chi connectivity index (χ1) is 18.7. The van der Waals surface area contributed by atoms with Gasteiger partial charge < -0.3 is 29.7 Å². The Kier molecular flexibility index (Phi) is 7.03. The summed E-state index contributed by atoms with van der Waals surface area (Å²) in [5.41, 5.74) is 3.52. The molecule has 2 saturated heterocycles. The number of imidazole rings is 1. The van der Waals surface area contributed by atoms with E-state index in [2.05, 4.69) is 37.2 Å². The van der Waals surface area contributed by atoms with Crippen molar-refractivity contribution in [3.63, 3.8) is 0 Å². The minimum absolute atomic E-state index is 0.0907. The predicted molar refractivity (Wildman–Crippen MR) is 148 cm³/mol. The summed E-state index contributed by atoms with van der Waals surface area (Å²) in [6.45, 7) is 4.63. The second kappa shape index (κ2) is 11.1. The summed E-state index contributed by atoms with van der Waals surface area (Å²) < 4.78 is 7.88. The first-order valence-electron chi connectivity index (χ1n) is 13.2. The van der Waals surface area contributed by atoms with Crippen molar-refractivity contribution in [2.24, 2.45) is 0 Å².